The maximum absolute atomic E-state index is 12.3. The Morgan fingerprint density at radius 2 is 0.750 bits per heavy atom. The quantitative estimate of drug-likeness (QED) is 0.147. The van der Waals surface area contributed by atoms with Crippen molar-refractivity contribution in [2.75, 3.05) is 77.6 Å². The van der Waals surface area contributed by atoms with Gasteiger partial charge in [-0.25, -0.2) is 16.8 Å². The Kier molecular flexibility index (Phi) is 15.1. The standard InChI is InChI=1S/C32H42O10S2/c1-27-7-11-29(12-8-27)43(33,34)25-23-39-17-15-37-19-21-41-31-5-3-4-6-32(31)42-22-20-38-16-18-40-24-26-44(35,36)30-13-9-28(2)10-14-30/h3-14H,15-26H2,1-2H3. The van der Waals surface area contributed by atoms with Crippen molar-refractivity contribution < 1.29 is 45.3 Å². The van der Waals surface area contributed by atoms with Gasteiger partial charge in [0.25, 0.3) is 0 Å². The molecule has 0 saturated carbocycles. The molecule has 3 rings (SSSR count). The lowest BCUT2D eigenvalue weighted by Crippen LogP contribution is -2.16. The van der Waals surface area contributed by atoms with Gasteiger partial charge >= 0.3 is 0 Å². The first-order valence-corrected chi connectivity index (χ1v) is 17.7. The number of sulfone groups is 2. The molecule has 0 unspecified atom stereocenters. The van der Waals surface area contributed by atoms with Gasteiger partial charge in [0.2, 0.25) is 0 Å². The summed E-state index contributed by atoms with van der Waals surface area (Å²) in [5.41, 5.74) is 2.01. The Morgan fingerprint density at radius 3 is 1.11 bits per heavy atom. The topological polar surface area (TPSA) is 124 Å². The van der Waals surface area contributed by atoms with Gasteiger partial charge in [-0.2, -0.15) is 0 Å². The Balaban J connectivity index is 1.19. The van der Waals surface area contributed by atoms with Crippen LogP contribution in [0.5, 0.6) is 11.5 Å². The monoisotopic (exact) mass is 650 g/mol. The lowest BCUT2D eigenvalue weighted by Gasteiger charge is -2.13. The minimum Gasteiger partial charge on any atom is -0.487 e. The molecule has 0 fully saturated rings. The van der Waals surface area contributed by atoms with E-state index in [1.807, 2.05) is 26.0 Å². The maximum Gasteiger partial charge on any atom is 0.180 e. The molecule has 0 bridgehead atoms. The molecule has 0 radical (unpaired) electrons. The Hall–Kier alpha value is -3.00. The zero-order valence-electron chi connectivity index (χ0n) is 25.3. The number of para-hydroxylation sites is 2. The van der Waals surface area contributed by atoms with Gasteiger partial charge in [0.1, 0.15) is 13.2 Å². The van der Waals surface area contributed by atoms with Gasteiger partial charge in [0, 0.05) is 0 Å². The van der Waals surface area contributed by atoms with Crippen molar-refractivity contribution in [1.29, 1.82) is 0 Å². The molecule has 242 valence electrons. The second-order valence-electron chi connectivity index (χ2n) is 9.86. The largest absolute Gasteiger partial charge is 0.487 e. The zero-order valence-corrected chi connectivity index (χ0v) is 26.9. The van der Waals surface area contributed by atoms with Gasteiger partial charge < -0.3 is 28.4 Å². The summed E-state index contributed by atoms with van der Waals surface area (Å²) >= 11 is 0. The first-order chi connectivity index (χ1) is 21.2. The average Bonchev–Trinajstić information content (AvgIpc) is 3.00. The van der Waals surface area contributed by atoms with Crippen molar-refractivity contribution in [1.82, 2.24) is 0 Å². The van der Waals surface area contributed by atoms with Crippen molar-refractivity contribution in [3.05, 3.63) is 83.9 Å². The van der Waals surface area contributed by atoms with Gasteiger partial charge in [-0.1, -0.05) is 47.5 Å². The summed E-state index contributed by atoms with van der Waals surface area (Å²) in [5, 5.41) is 0. The van der Waals surface area contributed by atoms with Crippen LogP contribution in [-0.2, 0) is 38.6 Å². The predicted octanol–water partition coefficient (Wildman–Crippen LogP) is 4.08. The van der Waals surface area contributed by atoms with Gasteiger partial charge in [-0.05, 0) is 50.2 Å². The highest BCUT2D eigenvalue weighted by molar-refractivity contribution is 7.91. The predicted molar refractivity (Wildman–Crippen MR) is 167 cm³/mol. The third-order valence-electron chi connectivity index (χ3n) is 6.32. The fraction of sp³-hybridized carbons (Fsp3) is 0.438. The molecule has 0 aliphatic heterocycles. The van der Waals surface area contributed by atoms with Gasteiger partial charge in [0.05, 0.1) is 74.2 Å². The van der Waals surface area contributed by atoms with Crippen molar-refractivity contribution in [2.45, 2.75) is 23.6 Å². The summed E-state index contributed by atoms with van der Waals surface area (Å²) in [4.78, 5) is 0.590. The molecule has 10 nitrogen and oxygen atoms in total. The van der Waals surface area contributed by atoms with E-state index in [1.54, 1.807) is 60.7 Å². The minimum absolute atomic E-state index is 0.0871. The third-order valence-corrected chi connectivity index (χ3v) is 9.71. The van der Waals surface area contributed by atoms with Crippen molar-refractivity contribution >= 4 is 19.7 Å². The van der Waals surface area contributed by atoms with Crippen LogP contribution in [0.2, 0.25) is 0 Å². The lowest BCUT2D eigenvalue weighted by molar-refractivity contribution is 0.0374. The molecule has 0 heterocycles. The van der Waals surface area contributed by atoms with Crippen molar-refractivity contribution in [3.8, 4) is 11.5 Å². The molecule has 0 N–H and O–H groups in total. The molecule has 0 aliphatic rings. The van der Waals surface area contributed by atoms with Crippen LogP contribution in [0.3, 0.4) is 0 Å². The van der Waals surface area contributed by atoms with E-state index in [-0.39, 0.29) is 37.9 Å². The zero-order chi connectivity index (χ0) is 31.7. The summed E-state index contributed by atoms with van der Waals surface area (Å²) in [7, 11) is -6.74. The smallest absolute Gasteiger partial charge is 0.180 e. The van der Waals surface area contributed by atoms with Crippen LogP contribution in [0.25, 0.3) is 0 Å². The van der Waals surface area contributed by atoms with E-state index < -0.39 is 19.7 Å². The molecular formula is C32H42O10S2. The third kappa shape index (κ3) is 12.9. The number of hydrogen-bond acceptors (Lipinski definition) is 10. The van der Waals surface area contributed by atoms with Crippen LogP contribution in [0.1, 0.15) is 11.1 Å². The average molecular weight is 651 g/mol. The molecule has 0 aromatic heterocycles. The molecule has 0 atom stereocenters. The summed E-state index contributed by atoms with van der Waals surface area (Å²) < 4.78 is 82.7. The lowest BCUT2D eigenvalue weighted by atomic mass is 10.2. The van der Waals surface area contributed by atoms with Crippen molar-refractivity contribution in [3.63, 3.8) is 0 Å². The Labute approximate surface area is 261 Å². The van der Waals surface area contributed by atoms with Gasteiger partial charge in [0.15, 0.2) is 31.2 Å². The van der Waals surface area contributed by atoms with Gasteiger partial charge in [-0.15, -0.1) is 0 Å². The Bertz CT molecular complexity index is 1340. The second-order valence-corrected chi connectivity index (χ2v) is 14.1. The highest BCUT2D eigenvalue weighted by Gasteiger charge is 2.15. The summed E-state index contributed by atoms with van der Waals surface area (Å²) in [6, 6.07) is 20.8. The van der Waals surface area contributed by atoms with E-state index >= 15 is 0 Å². The van der Waals surface area contributed by atoms with Crippen LogP contribution in [0.4, 0.5) is 0 Å². The summed E-state index contributed by atoms with van der Waals surface area (Å²) in [6.45, 7) is 6.45. The van der Waals surface area contributed by atoms with E-state index in [1.165, 1.54) is 0 Å². The van der Waals surface area contributed by atoms with Crippen LogP contribution >= 0.6 is 0 Å². The van der Waals surface area contributed by atoms with Crippen LogP contribution in [0.15, 0.2) is 82.6 Å². The van der Waals surface area contributed by atoms with Crippen LogP contribution in [-0.4, -0.2) is 94.4 Å². The van der Waals surface area contributed by atoms with Crippen molar-refractivity contribution in [2.24, 2.45) is 0 Å². The number of rotatable bonds is 22. The van der Waals surface area contributed by atoms with Gasteiger partial charge in [-0.3, -0.25) is 0 Å². The van der Waals surface area contributed by atoms with E-state index in [0.717, 1.165) is 11.1 Å². The SMILES string of the molecule is Cc1ccc(S(=O)(=O)CCOCCOCCOc2ccccc2OCCOCCOCCS(=O)(=O)c2ccc(C)cc2)cc1. The number of benzene rings is 3. The number of hydrogen-bond donors (Lipinski definition) is 0. The second kappa shape index (κ2) is 18.7. The van der Waals surface area contributed by atoms with E-state index in [9.17, 15) is 16.8 Å². The molecule has 0 spiro atoms. The first-order valence-electron chi connectivity index (χ1n) is 14.4. The normalized spacial score (nSPS) is 11.9. The van der Waals surface area contributed by atoms with E-state index in [2.05, 4.69) is 0 Å². The minimum atomic E-state index is -3.37. The molecule has 0 saturated heterocycles. The molecule has 44 heavy (non-hydrogen) atoms. The highest BCUT2D eigenvalue weighted by Crippen LogP contribution is 2.26. The Morgan fingerprint density at radius 1 is 0.432 bits per heavy atom. The van der Waals surface area contributed by atoms with Crippen LogP contribution < -0.4 is 9.47 Å². The molecule has 3 aromatic carbocycles. The fourth-order valence-corrected chi connectivity index (χ4v) is 6.07. The van der Waals surface area contributed by atoms with E-state index in [4.69, 9.17) is 28.4 Å². The molecule has 12 heteroatoms. The maximum atomic E-state index is 12.3. The molecule has 0 aliphatic carbocycles. The molecule has 0 amide bonds. The van der Waals surface area contributed by atoms with E-state index in [0.29, 0.717) is 60.9 Å². The fourth-order valence-electron chi connectivity index (χ4n) is 3.82. The summed E-state index contributed by atoms with van der Waals surface area (Å²) in [6.07, 6.45) is 0. The number of aryl methyl sites for hydroxylation is 2. The summed E-state index contributed by atoms with van der Waals surface area (Å²) in [5.74, 6) is 0.977. The molecular weight excluding hydrogens is 608 g/mol. The van der Waals surface area contributed by atoms with Crippen LogP contribution in [0, 0.1) is 13.8 Å². The highest BCUT2D eigenvalue weighted by atomic mass is 32.2. The first kappa shape index (κ1) is 35.5. The molecule has 3 aromatic rings. The number of ether oxygens (including phenoxy) is 6.